The van der Waals surface area contributed by atoms with Gasteiger partial charge in [0, 0.05) is 31.8 Å². The second-order valence-corrected chi connectivity index (χ2v) is 15.4. The van der Waals surface area contributed by atoms with Crippen molar-refractivity contribution in [2.45, 2.75) is 75.7 Å². The number of aryl methyl sites for hydroxylation is 1. The average molecular weight is 631 g/mol. The molecule has 3 atom stereocenters. The number of carboxylic acids is 1. The minimum Gasteiger partial charge on any atom is -0.480 e. The average Bonchev–Trinajstić information content (AvgIpc) is 3.39. The number of nitrogens with one attached hydrogen (secondary N) is 1. The lowest BCUT2D eigenvalue weighted by Gasteiger charge is -2.25. The fourth-order valence-corrected chi connectivity index (χ4v) is 9.19. The van der Waals surface area contributed by atoms with Gasteiger partial charge in [-0.3, -0.25) is 9.69 Å². The SMILES string of the molecule is COC[C@@H]1C[C@@H](S(=O)(=O)CC2CCCCC2)CN1Cc1ccc(C(=O)N[C@H](CCSC)C(=O)O)c(-c2ccccc2C)c1. The van der Waals surface area contributed by atoms with Crippen LogP contribution in [0.1, 0.15) is 66.4 Å². The van der Waals surface area contributed by atoms with Crippen LogP contribution >= 0.6 is 11.8 Å². The fourth-order valence-electron chi connectivity index (χ4n) is 6.53. The summed E-state index contributed by atoms with van der Waals surface area (Å²) in [6.45, 7) is 3.42. The highest BCUT2D eigenvalue weighted by molar-refractivity contribution is 7.98. The van der Waals surface area contributed by atoms with Crippen molar-refractivity contribution in [3.8, 4) is 11.1 Å². The molecule has 1 saturated heterocycles. The number of carbonyl (C=O) groups excluding carboxylic acids is 1. The number of likely N-dealkylation sites (tertiary alicyclic amines) is 1. The van der Waals surface area contributed by atoms with Gasteiger partial charge in [-0.15, -0.1) is 0 Å². The Morgan fingerprint density at radius 1 is 1.12 bits per heavy atom. The third kappa shape index (κ3) is 8.84. The summed E-state index contributed by atoms with van der Waals surface area (Å²) < 4.78 is 32.5. The highest BCUT2D eigenvalue weighted by Crippen LogP contribution is 2.33. The Morgan fingerprint density at radius 3 is 2.53 bits per heavy atom. The molecule has 0 spiro atoms. The number of hydrogen-bond donors (Lipinski definition) is 2. The van der Waals surface area contributed by atoms with Gasteiger partial charge in [-0.1, -0.05) is 49.6 Å². The molecule has 0 radical (unpaired) electrons. The lowest BCUT2D eigenvalue weighted by molar-refractivity contribution is -0.139. The van der Waals surface area contributed by atoms with E-state index < -0.39 is 33.0 Å². The van der Waals surface area contributed by atoms with Crippen LogP contribution in [-0.2, 0) is 25.9 Å². The topological polar surface area (TPSA) is 113 Å². The van der Waals surface area contributed by atoms with Gasteiger partial charge >= 0.3 is 5.97 Å². The first-order chi connectivity index (χ1) is 20.6. The normalized spacial score (nSPS) is 20.6. The molecule has 43 heavy (non-hydrogen) atoms. The van der Waals surface area contributed by atoms with Gasteiger partial charge in [-0.25, -0.2) is 13.2 Å². The number of sulfone groups is 1. The van der Waals surface area contributed by atoms with Crippen LogP contribution < -0.4 is 5.32 Å². The van der Waals surface area contributed by atoms with Gasteiger partial charge in [-0.05, 0) is 84.9 Å². The van der Waals surface area contributed by atoms with Crippen LogP contribution in [0, 0.1) is 12.8 Å². The van der Waals surface area contributed by atoms with Crippen LogP contribution in [0.25, 0.3) is 11.1 Å². The molecule has 1 aliphatic heterocycles. The van der Waals surface area contributed by atoms with E-state index in [4.69, 9.17) is 4.74 Å². The van der Waals surface area contributed by atoms with Gasteiger partial charge in [-0.2, -0.15) is 11.8 Å². The number of thioether (sulfide) groups is 1. The highest BCUT2D eigenvalue weighted by atomic mass is 32.2. The van der Waals surface area contributed by atoms with E-state index in [0.29, 0.717) is 43.9 Å². The van der Waals surface area contributed by atoms with Crippen LogP contribution in [-0.4, -0.2) is 85.7 Å². The summed E-state index contributed by atoms with van der Waals surface area (Å²) in [5.74, 6) is -0.309. The van der Waals surface area contributed by atoms with Gasteiger partial charge in [0.25, 0.3) is 5.91 Å². The van der Waals surface area contributed by atoms with Crippen molar-refractivity contribution in [3.63, 3.8) is 0 Å². The predicted molar refractivity (Wildman–Crippen MR) is 173 cm³/mol. The molecular weight excluding hydrogens is 585 g/mol. The molecule has 1 aliphatic carbocycles. The first kappa shape index (κ1) is 33.5. The summed E-state index contributed by atoms with van der Waals surface area (Å²) in [4.78, 5) is 27.5. The summed E-state index contributed by atoms with van der Waals surface area (Å²) in [6, 6.07) is 12.5. The quantitative estimate of drug-likeness (QED) is 0.294. The predicted octanol–water partition coefficient (Wildman–Crippen LogP) is 5.18. The molecule has 10 heteroatoms. The maximum Gasteiger partial charge on any atom is 0.326 e. The first-order valence-corrected chi connectivity index (χ1v) is 18.4. The van der Waals surface area contributed by atoms with Gasteiger partial charge in [0.2, 0.25) is 0 Å². The van der Waals surface area contributed by atoms with Gasteiger partial charge in [0.15, 0.2) is 9.84 Å². The molecular formula is C33H46N2O6S2. The summed E-state index contributed by atoms with van der Waals surface area (Å²) in [7, 11) is -1.59. The van der Waals surface area contributed by atoms with Crippen LogP contribution in [0.15, 0.2) is 42.5 Å². The Bertz CT molecular complexity index is 1360. The van der Waals surface area contributed by atoms with Crippen molar-refractivity contribution in [2.24, 2.45) is 5.92 Å². The van der Waals surface area contributed by atoms with E-state index in [1.54, 1.807) is 13.2 Å². The Kier molecular flexibility index (Phi) is 12.1. The van der Waals surface area contributed by atoms with Crippen molar-refractivity contribution in [1.29, 1.82) is 0 Å². The van der Waals surface area contributed by atoms with Crippen LogP contribution in [0.5, 0.6) is 0 Å². The summed E-state index contributed by atoms with van der Waals surface area (Å²) in [6.07, 6.45) is 8.24. The van der Waals surface area contributed by atoms with Gasteiger partial charge in [0.05, 0.1) is 17.6 Å². The highest BCUT2D eigenvalue weighted by Gasteiger charge is 2.40. The van der Waals surface area contributed by atoms with Crippen molar-refractivity contribution < 1.29 is 27.9 Å². The van der Waals surface area contributed by atoms with E-state index >= 15 is 0 Å². The number of hydrogen-bond acceptors (Lipinski definition) is 7. The number of amides is 1. The van der Waals surface area contributed by atoms with Gasteiger partial charge < -0.3 is 15.2 Å². The number of nitrogens with zero attached hydrogens (tertiary/aromatic N) is 1. The number of ether oxygens (including phenoxy) is 1. The molecule has 8 nitrogen and oxygen atoms in total. The Balaban J connectivity index is 1.59. The number of methoxy groups -OCH3 is 1. The molecule has 1 saturated carbocycles. The third-order valence-corrected chi connectivity index (χ3v) is 11.8. The lowest BCUT2D eigenvalue weighted by Crippen LogP contribution is -2.41. The molecule has 0 unspecified atom stereocenters. The number of benzene rings is 2. The number of rotatable bonds is 14. The Morgan fingerprint density at radius 2 is 1.86 bits per heavy atom. The summed E-state index contributed by atoms with van der Waals surface area (Å²) >= 11 is 1.54. The lowest BCUT2D eigenvalue weighted by atomic mass is 9.91. The second kappa shape index (κ2) is 15.5. The van der Waals surface area contributed by atoms with E-state index in [-0.39, 0.29) is 17.7 Å². The molecule has 1 amide bonds. The molecule has 0 bridgehead atoms. The molecule has 4 rings (SSSR count). The van der Waals surface area contributed by atoms with E-state index in [1.165, 1.54) is 18.2 Å². The Labute approximate surface area is 260 Å². The number of carboxylic acid groups (broad SMARTS) is 1. The molecule has 0 aromatic heterocycles. The zero-order chi connectivity index (χ0) is 31.0. The van der Waals surface area contributed by atoms with Crippen molar-refractivity contribution in [3.05, 3.63) is 59.2 Å². The molecule has 2 fully saturated rings. The fraction of sp³-hybridized carbons (Fsp3) is 0.576. The molecule has 2 aromatic rings. The molecule has 1 heterocycles. The van der Waals surface area contributed by atoms with Crippen molar-refractivity contribution in [1.82, 2.24) is 10.2 Å². The largest absolute Gasteiger partial charge is 0.480 e. The standard InChI is InChI=1S/C33H46N2O6S2/c1-23-9-7-8-12-28(23)30-17-25(13-14-29(30)32(36)34-31(33(37)38)15-16-42-3)19-35-20-27(18-26(35)21-41-2)43(39,40)22-24-10-5-4-6-11-24/h7-9,12-14,17,24,26-27,31H,4-6,10-11,15-16,18-22H2,1-3H3,(H,34,36)(H,37,38)/t26-,27+,31+/m0/s1. The number of aliphatic carboxylic acids is 1. The minimum absolute atomic E-state index is 0.0197. The van der Waals surface area contributed by atoms with Crippen molar-refractivity contribution in [2.75, 3.05) is 38.0 Å². The van der Waals surface area contributed by atoms with Crippen molar-refractivity contribution >= 4 is 33.5 Å². The molecule has 2 N–H and O–H groups in total. The second-order valence-electron chi connectivity index (χ2n) is 12.1. The minimum atomic E-state index is -3.24. The van der Waals surface area contributed by atoms with Crippen LogP contribution in [0.3, 0.4) is 0 Å². The summed E-state index contributed by atoms with van der Waals surface area (Å²) in [5.41, 5.74) is 3.99. The van der Waals surface area contributed by atoms with E-state index in [9.17, 15) is 23.1 Å². The monoisotopic (exact) mass is 630 g/mol. The number of carbonyl (C=O) groups is 2. The zero-order valence-corrected chi connectivity index (χ0v) is 27.2. The summed E-state index contributed by atoms with van der Waals surface area (Å²) in [5, 5.41) is 12.0. The van der Waals surface area contributed by atoms with E-state index in [1.807, 2.05) is 49.6 Å². The third-order valence-electron chi connectivity index (χ3n) is 8.91. The zero-order valence-electron chi connectivity index (χ0n) is 25.6. The molecule has 236 valence electrons. The maximum atomic E-state index is 13.5. The maximum absolute atomic E-state index is 13.5. The van der Waals surface area contributed by atoms with Gasteiger partial charge in [0.1, 0.15) is 6.04 Å². The smallest absolute Gasteiger partial charge is 0.326 e. The molecule has 2 aliphatic rings. The van der Waals surface area contributed by atoms with Crippen LogP contribution in [0.2, 0.25) is 0 Å². The molecule has 2 aromatic carbocycles. The van der Waals surface area contributed by atoms with E-state index in [2.05, 4.69) is 10.2 Å². The Hall–Kier alpha value is -2.40. The first-order valence-electron chi connectivity index (χ1n) is 15.3. The van der Waals surface area contributed by atoms with Crippen LogP contribution in [0.4, 0.5) is 0 Å². The van der Waals surface area contributed by atoms with E-state index in [0.717, 1.165) is 47.9 Å².